The zero-order valence-corrected chi connectivity index (χ0v) is 18.2. The third-order valence-electron chi connectivity index (χ3n) is 5.19. The summed E-state index contributed by atoms with van der Waals surface area (Å²) in [5.41, 5.74) is 13.1. The van der Waals surface area contributed by atoms with Gasteiger partial charge in [0, 0.05) is 11.1 Å². The van der Waals surface area contributed by atoms with Gasteiger partial charge in [-0.15, -0.1) is 0 Å². The molecule has 32 heavy (non-hydrogen) atoms. The van der Waals surface area contributed by atoms with Crippen LogP contribution in [-0.4, -0.2) is 14.2 Å². The first kappa shape index (κ1) is 21.0. The van der Waals surface area contributed by atoms with Crippen LogP contribution in [0.4, 0.5) is 0 Å². The molecule has 0 heterocycles. The predicted octanol–water partition coefficient (Wildman–Crippen LogP) is 7.02. The molecular weight excluding hydrogens is 392 g/mol. The summed E-state index contributed by atoms with van der Waals surface area (Å²) in [6.45, 7) is 0. The molecule has 4 aromatic carbocycles. The van der Waals surface area contributed by atoms with Gasteiger partial charge >= 0.3 is 0 Å². The zero-order valence-electron chi connectivity index (χ0n) is 18.2. The van der Waals surface area contributed by atoms with E-state index >= 15 is 0 Å². The minimum absolute atomic E-state index is 0.823. The molecule has 156 valence electrons. The van der Waals surface area contributed by atoms with Gasteiger partial charge in [0.1, 0.15) is 11.5 Å². The van der Waals surface area contributed by atoms with E-state index in [1.54, 1.807) is 14.2 Å². The Bertz CT molecular complexity index is 1150. The van der Waals surface area contributed by atoms with Crippen LogP contribution in [0.3, 0.4) is 0 Å². The molecule has 0 aliphatic rings. The molecule has 0 radical (unpaired) electrons. The fourth-order valence-electron chi connectivity index (χ4n) is 3.47. The van der Waals surface area contributed by atoms with Crippen molar-refractivity contribution >= 4 is 11.1 Å². The van der Waals surface area contributed by atoms with Gasteiger partial charge in [-0.2, -0.15) is 0 Å². The van der Waals surface area contributed by atoms with Gasteiger partial charge in [-0.25, -0.2) is 0 Å². The molecule has 0 amide bonds. The van der Waals surface area contributed by atoms with Crippen LogP contribution in [-0.2, 0) is 0 Å². The normalized spacial score (nSPS) is 9.94. The highest BCUT2D eigenvalue weighted by Gasteiger charge is 2.07. The Hall–Kier alpha value is -4.22. The molecule has 2 nitrogen and oxygen atoms in total. The van der Waals surface area contributed by atoms with Gasteiger partial charge in [0.2, 0.25) is 0 Å². The molecule has 0 N–H and O–H groups in total. The summed E-state index contributed by atoms with van der Waals surface area (Å²) in [6.07, 6.45) is 0. The van der Waals surface area contributed by atoms with Crippen molar-refractivity contribution in [2.24, 2.45) is 0 Å². The smallest absolute Gasteiger partial charge is 0.118 e. The number of hydrogen-bond donors (Lipinski definition) is 0. The molecule has 0 saturated carbocycles. The maximum atomic E-state index is 5.33. The van der Waals surface area contributed by atoms with Gasteiger partial charge in [0.15, 0.2) is 0 Å². The van der Waals surface area contributed by atoms with Crippen molar-refractivity contribution in [3.8, 4) is 11.5 Å². The first-order valence-electron chi connectivity index (χ1n) is 10.4. The zero-order chi connectivity index (χ0) is 22.2. The van der Waals surface area contributed by atoms with E-state index < -0.39 is 0 Å². The Balaban J connectivity index is 1.97. The SMILES string of the molecule is COc1ccc(C(=C=C=C(c2ccccc2)c2ccc(OC)cc2)c2ccccc2)cc1. The van der Waals surface area contributed by atoms with Crippen LogP contribution in [0.2, 0.25) is 0 Å². The molecule has 0 aliphatic heterocycles. The summed E-state index contributed by atoms with van der Waals surface area (Å²) in [6, 6.07) is 36.6. The lowest BCUT2D eigenvalue weighted by Gasteiger charge is -2.08. The topological polar surface area (TPSA) is 18.5 Å². The third-order valence-corrected chi connectivity index (χ3v) is 5.19. The van der Waals surface area contributed by atoms with E-state index in [2.05, 4.69) is 35.7 Å². The number of ether oxygens (including phenoxy) is 2. The fourth-order valence-corrected chi connectivity index (χ4v) is 3.47. The standard InChI is InChI=1S/C30H24O2/c1-31-27-17-13-25(14-18-27)29(23-9-5-3-6-10-23)21-22-30(24-11-7-4-8-12-24)26-15-19-28(32-2)20-16-26/h3-20H,1-2H3. The Kier molecular flexibility index (Phi) is 6.70. The van der Waals surface area contributed by atoms with E-state index in [-0.39, 0.29) is 0 Å². The van der Waals surface area contributed by atoms with Gasteiger partial charge in [0.25, 0.3) is 0 Å². The largest absolute Gasteiger partial charge is 0.497 e. The molecule has 0 saturated heterocycles. The second kappa shape index (κ2) is 10.2. The maximum absolute atomic E-state index is 5.33. The summed E-state index contributed by atoms with van der Waals surface area (Å²) in [5, 5.41) is 0. The Morgan fingerprint density at radius 2 is 0.750 bits per heavy atom. The molecule has 4 aromatic rings. The molecular formula is C30H24O2. The van der Waals surface area contributed by atoms with E-state index in [1.165, 1.54) is 0 Å². The molecule has 2 heteroatoms. The summed E-state index contributed by atoms with van der Waals surface area (Å²) < 4.78 is 10.7. The van der Waals surface area contributed by atoms with Crippen molar-refractivity contribution in [1.82, 2.24) is 0 Å². The van der Waals surface area contributed by atoms with Crippen molar-refractivity contribution in [2.45, 2.75) is 0 Å². The molecule has 0 spiro atoms. The first-order chi connectivity index (χ1) is 15.8. The third kappa shape index (κ3) is 4.91. The minimum atomic E-state index is 0.823. The average Bonchev–Trinajstić information content (AvgIpc) is 2.88. The van der Waals surface area contributed by atoms with E-state index in [0.29, 0.717) is 0 Å². The Morgan fingerprint density at radius 3 is 1.06 bits per heavy atom. The molecule has 0 aromatic heterocycles. The van der Waals surface area contributed by atoms with Crippen LogP contribution in [0.25, 0.3) is 11.1 Å². The van der Waals surface area contributed by atoms with Crippen LogP contribution < -0.4 is 9.47 Å². The summed E-state index contributed by atoms with van der Waals surface area (Å²) in [4.78, 5) is 0. The fraction of sp³-hybridized carbons (Fsp3) is 0.0667. The second-order valence-electron chi connectivity index (χ2n) is 7.19. The molecule has 0 bridgehead atoms. The van der Waals surface area contributed by atoms with Crippen LogP contribution in [0.1, 0.15) is 22.3 Å². The molecule has 0 aliphatic carbocycles. The van der Waals surface area contributed by atoms with Crippen LogP contribution in [0.5, 0.6) is 11.5 Å². The van der Waals surface area contributed by atoms with Crippen LogP contribution in [0.15, 0.2) is 121 Å². The van der Waals surface area contributed by atoms with Gasteiger partial charge in [-0.05, 0) is 46.5 Å². The van der Waals surface area contributed by atoms with Crippen LogP contribution >= 0.6 is 0 Å². The van der Waals surface area contributed by atoms with E-state index in [1.807, 2.05) is 84.9 Å². The minimum Gasteiger partial charge on any atom is -0.497 e. The van der Waals surface area contributed by atoms with Crippen LogP contribution in [0, 0.1) is 0 Å². The van der Waals surface area contributed by atoms with E-state index in [0.717, 1.165) is 44.9 Å². The van der Waals surface area contributed by atoms with E-state index in [4.69, 9.17) is 9.47 Å². The highest BCUT2D eigenvalue weighted by atomic mass is 16.5. The van der Waals surface area contributed by atoms with Gasteiger partial charge in [-0.3, -0.25) is 0 Å². The highest BCUT2D eigenvalue weighted by Crippen LogP contribution is 2.27. The molecule has 0 fully saturated rings. The number of benzene rings is 4. The molecule has 4 rings (SSSR count). The second-order valence-corrected chi connectivity index (χ2v) is 7.19. The van der Waals surface area contributed by atoms with E-state index in [9.17, 15) is 0 Å². The molecule has 0 unspecified atom stereocenters. The lowest BCUT2D eigenvalue weighted by Crippen LogP contribution is -1.89. The van der Waals surface area contributed by atoms with Crippen molar-refractivity contribution in [1.29, 1.82) is 0 Å². The monoisotopic (exact) mass is 416 g/mol. The van der Waals surface area contributed by atoms with Crippen molar-refractivity contribution in [2.75, 3.05) is 14.2 Å². The average molecular weight is 417 g/mol. The number of methoxy groups -OCH3 is 2. The first-order valence-corrected chi connectivity index (χ1v) is 10.4. The van der Waals surface area contributed by atoms with Gasteiger partial charge in [0.05, 0.1) is 14.2 Å². The summed E-state index contributed by atoms with van der Waals surface area (Å²) in [7, 11) is 3.35. The molecule has 0 atom stereocenters. The number of rotatable bonds is 6. The Labute approximate surface area is 189 Å². The Morgan fingerprint density at radius 1 is 0.438 bits per heavy atom. The predicted molar refractivity (Wildman–Crippen MR) is 131 cm³/mol. The lowest BCUT2D eigenvalue weighted by atomic mass is 9.96. The van der Waals surface area contributed by atoms with Crippen molar-refractivity contribution < 1.29 is 9.47 Å². The van der Waals surface area contributed by atoms with Crippen molar-refractivity contribution in [3.63, 3.8) is 0 Å². The number of hydrogen-bond acceptors (Lipinski definition) is 2. The van der Waals surface area contributed by atoms with Gasteiger partial charge < -0.3 is 9.47 Å². The summed E-state index contributed by atoms with van der Waals surface area (Å²) in [5.74, 6) is 1.65. The highest BCUT2D eigenvalue weighted by molar-refractivity contribution is 5.83. The van der Waals surface area contributed by atoms with Gasteiger partial charge in [-0.1, -0.05) is 96.4 Å². The van der Waals surface area contributed by atoms with Crippen molar-refractivity contribution in [3.05, 3.63) is 143 Å². The maximum Gasteiger partial charge on any atom is 0.118 e. The summed E-state index contributed by atoms with van der Waals surface area (Å²) >= 11 is 0. The quantitative estimate of drug-likeness (QED) is 0.314. The lowest BCUT2D eigenvalue weighted by molar-refractivity contribution is 0.414.